The Labute approximate surface area is 597 Å². The highest BCUT2D eigenvalue weighted by molar-refractivity contribution is 7.98. The summed E-state index contributed by atoms with van der Waals surface area (Å²) in [6.07, 6.45) is -15.3. The molecular weight excluding hydrogens is 1280 g/mol. The summed E-state index contributed by atoms with van der Waals surface area (Å²) in [4.78, 5) is 69.9. The van der Waals surface area contributed by atoms with Gasteiger partial charge in [-0.1, -0.05) is 155 Å². The van der Waals surface area contributed by atoms with Crippen molar-refractivity contribution >= 4 is 35.3 Å². The average Bonchev–Trinajstić information content (AvgIpc) is 1.51. The quantitative estimate of drug-likeness (QED) is 0.0295. The first-order valence-electron chi connectivity index (χ1n) is 42.2. The van der Waals surface area contributed by atoms with Crippen LogP contribution in [0, 0.1) is 24.5 Å². The van der Waals surface area contributed by atoms with Gasteiger partial charge < -0.3 is 28.7 Å². The maximum Gasteiger partial charge on any atom is 0.416 e. The van der Waals surface area contributed by atoms with E-state index < -0.39 is 230 Å². The summed E-state index contributed by atoms with van der Waals surface area (Å²) in [5.41, 5.74) is -14.7. The zero-order valence-electron chi connectivity index (χ0n) is 76.7. The van der Waals surface area contributed by atoms with Gasteiger partial charge in [0.25, 0.3) is 11.1 Å². The minimum absolute atomic E-state index is 0.00974. The number of hydrogen-bond donors (Lipinski definition) is 0. The average molecular weight is 1390 g/mol. The monoisotopic (exact) mass is 1380 g/mol. The third-order valence-electron chi connectivity index (χ3n) is 15.3. The lowest BCUT2D eigenvalue weighted by molar-refractivity contribution is -0.138. The SMILES string of the molecule is [2H]c1c([2H])c(-c2c([2H])c([2H])c(C(F)(F)F)c(C)c2[2H])c([2H])c([2H])c1CN(CCN(CC)CC)C(=O)C([2H])([2H])n1c(SC([2H])([2H])c2ccc(F)cc2)nc(=O)c2c1C([2H])([2H])C([2H])(C)C2([2H])[2H].[2H]c1c([2H])c(C([2H])([2H])Sc2nc(=O)c3c(n2C([2H])([2H])C(=O)N(CCN(CC)CC)Cc2ccc(-c4ccc(C(F)(F)F)cc4)cc2)CCC3)c([2H])c([2H])c1F. The third-order valence-corrected chi connectivity index (χ3v) is 16.9. The van der Waals surface area contributed by atoms with E-state index in [4.69, 9.17) is 27.4 Å². The number of amides is 2. The van der Waals surface area contributed by atoms with E-state index in [0.29, 0.717) is 60.7 Å². The molecule has 10 rings (SSSR count). The van der Waals surface area contributed by atoms with Gasteiger partial charge in [-0.3, -0.25) is 19.2 Å². The van der Waals surface area contributed by atoms with Crippen LogP contribution in [0.2, 0.25) is 0 Å². The lowest BCUT2D eigenvalue weighted by Gasteiger charge is -2.28. The molecule has 0 saturated heterocycles. The summed E-state index contributed by atoms with van der Waals surface area (Å²) in [5.74, 6) is -7.81. The molecule has 0 radical (unpaired) electrons. The Kier molecular flexibility index (Phi) is 15.9. The van der Waals surface area contributed by atoms with Crippen LogP contribution in [-0.4, -0.2) is 103 Å². The Morgan fingerprint density at radius 3 is 1.60 bits per heavy atom. The molecule has 12 nitrogen and oxygen atoms in total. The number of carbonyl (C=O) groups is 2. The number of likely N-dealkylation sites (N-methyl/N-ethyl adjacent to an activating group) is 2. The van der Waals surface area contributed by atoms with Crippen molar-refractivity contribution in [3.8, 4) is 22.3 Å². The summed E-state index contributed by atoms with van der Waals surface area (Å²) in [6, 6.07) is 3.56. The molecule has 1 unspecified atom stereocenters. The number of thioether (sulfide) groups is 2. The van der Waals surface area contributed by atoms with Crippen molar-refractivity contribution in [2.75, 3.05) is 52.4 Å². The molecule has 2 heterocycles. The van der Waals surface area contributed by atoms with Crippen LogP contribution >= 0.6 is 23.5 Å². The van der Waals surface area contributed by atoms with Gasteiger partial charge in [-0.15, -0.1) is 0 Å². The highest BCUT2D eigenvalue weighted by Gasteiger charge is 2.34. The van der Waals surface area contributed by atoms with Crippen molar-refractivity contribution in [1.29, 1.82) is 0 Å². The van der Waals surface area contributed by atoms with E-state index in [0.717, 1.165) is 54.8 Å². The fourth-order valence-corrected chi connectivity index (χ4v) is 11.4. The molecule has 0 saturated carbocycles. The van der Waals surface area contributed by atoms with E-state index in [1.165, 1.54) is 17.0 Å². The molecule has 2 aliphatic carbocycles. The summed E-state index contributed by atoms with van der Waals surface area (Å²) < 4.78 is 320. The van der Waals surface area contributed by atoms with Gasteiger partial charge in [-0.25, -0.2) is 8.78 Å². The van der Waals surface area contributed by atoms with Crippen molar-refractivity contribution in [2.24, 2.45) is 5.89 Å². The first kappa shape index (κ1) is 46.3. The number of rotatable bonds is 26. The van der Waals surface area contributed by atoms with Gasteiger partial charge >= 0.3 is 12.4 Å². The van der Waals surface area contributed by atoms with Crippen molar-refractivity contribution < 1.29 is 77.6 Å². The largest absolute Gasteiger partial charge is 0.416 e. The Morgan fingerprint density at radius 2 is 1.06 bits per heavy atom. The normalized spacial score (nSPS) is 19.6. The molecule has 508 valence electrons. The number of nitrogens with zero attached hydrogens (tertiary/aromatic N) is 8. The first-order valence-corrected chi connectivity index (χ1v) is 31.8. The molecule has 1 atom stereocenters. The number of alkyl halides is 6. The van der Waals surface area contributed by atoms with Gasteiger partial charge in [0.2, 0.25) is 11.8 Å². The Balaban J connectivity index is 0.000000277. The van der Waals surface area contributed by atoms with Crippen molar-refractivity contribution in [1.82, 2.24) is 38.7 Å². The second-order valence-corrected chi connectivity index (χ2v) is 23.2. The van der Waals surface area contributed by atoms with Crippen molar-refractivity contribution in [3.63, 3.8) is 0 Å². The molecule has 96 heavy (non-hydrogen) atoms. The van der Waals surface area contributed by atoms with Crippen LogP contribution in [0.15, 0.2) is 159 Å². The highest BCUT2D eigenvalue weighted by Crippen LogP contribution is 2.36. The number of fused-ring (bicyclic) bond motifs is 2. The summed E-state index contributed by atoms with van der Waals surface area (Å²) in [7, 11) is 0. The molecular formula is C74H80F8N8O4S2. The summed E-state index contributed by atoms with van der Waals surface area (Å²) in [5, 5.41) is -1.59. The van der Waals surface area contributed by atoms with Crippen molar-refractivity contribution in [2.45, 2.75) is 134 Å². The summed E-state index contributed by atoms with van der Waals surface area (Å²) >= 11 is 0.109. The first-order chi connectivity index (χ1) is 55.4. The van der Waals surface area contributed by atoms with Crippen LogP contribution in [0.3, 0.4) is 0 Å². The lowest BCUT2D eigenvalue weighted by atomic mass is 9.98. The molecule has 0 aliphatic heterocycles. The van der Waals surface area contributed by atoms with E-state index in [1.54, 1.807) is 43.0 Å². The van der Waals surface area contributed by atoms with Crippen LogP contribution in [0.5, 0.6) is 0 Å². The topological polar surface area (TPSA) is 117 Å². The second kappa shape index (κ2) is 32.9. The van der Waals surface area contributed by atoms with Crippen LogP contribution in [0.25, 0.3) is 22.3 Å². The molecule has 2 aromatic heterocycles. The third kappa shape index (κ3) is 19.0. The molecule has 0 spiro atoms. The maximum atomic E-state index is 15.0. The summed E-state index contributed by atoms with van der Waals surface area (Å²) in [6.45, 7) is 3.21. The molecule has 2 aliphatic rings. The van der Waals surface area contributed by atoms with Gasteiger partial charge in [0.15, 0.2) is 10.3 Å². The zero-order valence-corrected chi connectivity index (χ0v) is 54.3. The standard InChI is InChI=1S/C38H42F4N4O2S.C36H38F4N4O2S/c1-5-44(6-2)17-18-45(22-27-7-11-29(12-8-27)30-13-16-33(26(4)21-30)38(40,41)42)35(47)23-46-34-20-25(3)19-32(34)36(48)43-37(46)49-24-28-9-14-31(39)15-10-28;1-3-42(4-2)20-21-43(22-25-8-12-27(13-9-25)28-14-16-29(17-15-28)36(38,39)40)33(45)23-44-32-7-5-6-31(32)34(46)41-35(44)47-24-26-10-18-30(37)19-11-26/h7-16,21,25H,5-6,17-20,22-24H2,1-4H3;8-19H,3-7,20-24H2,1-2H3/i7D,8D,11D,12D,13D,16D,19D2,20D2,21D,23D2,24D2,25D;10D,11D,18D,19D,23D2,24D2. The minimum atomic E-state index is -5.16. The molecule has 2 amide bonds. The van der Waals surface area contributed by atoms with E-state index in [9.17, 15) is 59.8 Å². The molecule has 6 aromatic carbocycles. The molecule has 0 fully saturated rings. The van der Waals surface area contributed by atoms with Crippen molar-refractivity contribution in [3.05, 3.63) is 233 Å². The molecule has 0 N–H and O–H groups in total. The number of hydrogen-bond acceptors (Lipinski definition) is 10. The number of carbonyl (C=O) groups excluding carboxylic acids is 2. The Hall–Kier alpha value is -7.92. The maximum absolute atomic E-state index is 15.0. The Bertz CT molecular complexity index is 5320. The van der Waals surface area contributed by atoms with Gasteiger partial charge in [0, 0.05) is 85.5 Å². The van der Waals surface area contributed by atoms with E-state index in [2.05, 4.69) is 9.97 Å². The van der Waals surface area contributed by atoms with E-state index in [-0.39, 0.29) is 77.4 Å². The number of aromatic nitrogens is 4. The highest BCUT2D eigenvalue weighted by atomic mass is 32.2. The number of halogens is 8. The lowest BCUT2D eigenvalue weighted by Crippen LogP contribution is -2.40. The van der Waals surface area contributed by atoms with Gasteiger partial charge in [-0.05, 0) is 163 Å². The van der Waals surface area contributed by atoms with Gasteiger partial charge in [-0.2, -0.15) is 36.3 Å². The van der Waals surface area contributed by atoms with E-state index >= 15 is 0 Å². The smallest absolute Gasteiger partial charge is 0.336 e. The van der Waals surface area contributed by atoms with Crippen LogP contribution in [0.4, 0.5) is 35.1 Å². The van der Waals surface area contributed by atoms with Gasteiger partial charge in [0.1, 0.15) is 24.6 Å². The second-order valence-electron chi connectivity index (χ2n) is 21.7. The minimum Gasteiger partial charge on any atom is -0.336 e. The van der Waals surface area contributed by atoms with E-state index in [1.807, 2.05) is 18.7 Å². The predicted octanol–water partition coefficient (Wildman–Crippen LogP) is 15.0. The van der Waals surface area contributed by atoms with Gasteiger partial charge in [0.05, 0.1) is 31.7 Å². The molecule has 0 bridgehead atoms. The fourth-order valence-electron chi connectivity index (χ4n) is 10.0. The predicted molar refractivity (Wildman–Crippen MR) is 362 cm³/mol. The number of benzene rings is 6. The van der Waals surface area contributed by atoms with Crippen LogP contribution < -0.4 is 11.1 Å². The molecule has 8 aromatic rings. The van der Waals surface area contributed by atoms with Crippen LogP contribution in [-0.2, 0) is 85.0 Å². The fraction of sp³-hybridized carbons (Fsp3) is 0.378. The Morgan fingerprint density at radius 1 is 0.573 bits per heavy atom. The molecule has 22 heteroatoms. The zero-order chi connectivity index (χ0) is 90.1. The van der Waals surface area contributed by atoms with Crippen LogP contribution in [0.1, 0.15) is 135 Å².